The molecule has 1 amide bonds. The molecule has 1 heterocycles. The minimum absolute atomic E-state index is 0.0198. The molecule has 0 unspecified atom stereocenters. The van der Waals surface area contributed by atoms with E-state index in [1.54, 1.807) is 18.2 Å². The molecule has 0 aliphatic rings. The van der Waals surface area contributed by atoms with Crippen molar-refractivity contribution in [3.8, 4) is 11.8 Å². The Hall–Kier alpha value is -3.59. The van der Waals surface area contributed by atoms with Crippen LogP contribution in [0.4, 0.5) is 0 Å². The Bertz CT molecular complexity index is 1010. The largest absolute Gasteiger partial charge is 0.479 e. The molecule has 0 saturated heterocycles. The lowest BCUT2D eigenvalue weighted by atomic mass is 10.2. The smallest absolute Gasteiger partial charge is 0.244 e. The van der Waals surface area contributed by atoms with Crippen LogP contribution in [-0.2, 0) is 11.3 Å². The topological polar surface area (TPSA) is 79.9 Å². The van der Waals surface area contributed by atoms with Crippen molar-refractivity contribution in [1.29, 1.82) is 5.26 Å². The van der Waals surface area contributed by atoms with Gasteiger partial charge in [0.25, 0.3) is 0 Å². The van der Waals surface area contributed by atoms with Crippen LogP contribution in [0.1, 0.15) is 17.8 Å². The Morgan fingerprint density at radius 1 is 1.25 bits per heavy atom. The van der Waals surface area contributed by atoms with E-state index in [1.165, 1.54) is 6.08 Å². The van der Waals surface area contributed by atoms with E-state index in [2.05, 4.69) is 20.9 Å². The molecular weight excluding hydrogens is 352 g/mol. The first kappa shape index (κ1) is 19.2. The van der Waals surface area contributed by atoms with E-state index in [4.69, 9.17) is 10.00 Å². The minimum Gasteiger partial charge on any atom is -0.479 e. The molecule has 0 atom stereocenters. The van der Waals surface area contributed by atoms with Crippen LogP contribution in [0.25, 0.3) is 17.1 Å². The number of nitrogens with one attached hydrogen (secondary N) is 1. The molecule has 142 valence electrons. The minimum atomic E-state index is -0.128. The van der Waals surface area contributed by atoms with Crippen molar-refractivity contribution < 1.29 is 9.53 Å². The molecule has 0 aliphatic carbocycles. The summed E-state index contributed by atoms with van der Waals surface area (Å²) in [7, 11) is 0. The lowest BCUT2D eigenvalue weighted by Gasteiger charge is -2.07. The average molecular weight is 374 g/mol. The maximum atomic E-state index is 12.0. The Balaban J connectivity index is 1.45. The summed E-state index contributed by atoms with van der Waals surface area (Å²) >= 11 is 0. The Kier molecular flexibility index (Phi) is 6.42. The number of aromatic nitrogens is 2. The Morgan fingerprint density at radius 3 is 2.82 bits per heavy atom. The van der Waals surface area contributed by atoms with Crippen LogP contribution in [0.5, 0.6) is 5.75 Å². The number of nitrogens with zero attached hydrogens (tertiary/aromatic N) is 3. The molecule has 3 rings (SSSR count). The number of nitriles is 1. The second-order valence-corrected chi connectivity index (χ2v) is 6.29. The van der Waals surface area contributed by atoms with Crippen molar-refractivity contribution in [2.75, 3.05) is 13.2 Å². The van der Waals surface area contributed by atoms with Gasteiger partial charge in [-0.25, -0.2) is 4.98 Å². The highest BCUT2D eigenvalue weighted by atomic mass is 16.5. The molecule has 2 aromatic carbocycles. The second-order valence-electron chi connectivity index (χ2n) is 6.29. The predicted molar refractivity (Wildman–Crippen MR) is 109 cm³/mol. The van der Waals surface area contributed by atoms with Crippen LogP contribution in [-0.4, -0.2) is 28.6 Å². The van der Waals surface area contributed by atoms with Crippen LogP contribution in [0.2, 0.25) is 0 Å². The van der Waals surface area contributed by atoms with Crippen LogP contribution >= 0.6 is 0 Å². The van der Waals surface area contributed by atoms with E-state index in [9.17, 15) is 4.79 Å². The SMILES string of the molecule is Cc1nc2ccccc2n1CCCNC(=O)/C=C/c1ccc(OCC#N)cc1. The number of para-hydroxylation sites is 2. The van der Waals surface area contributed by atoms with Gasteiger partial charge in [0.1, 0.15) is 17.6 Å². The maximum absolute atomic E-state index is 12.0. The van der Waals surface area contributed by atoms with Crippen molar-refractivity contribution in [1.82, 2.24) is 14.9 Å². The summed E-state index contributed by atoms with van der Waals surface area (Å²) in [5, 5.41) is 11.4. The number of hydrogen-bond donors (Lipinski definition) is 1. The van der Waals surface area contributed by atoms with Gasteiger partial charge in [0.05, 0.1) is 11.0 Å². The molecule has 0 fully saturated rings. The number of rotatable bonds is 8. The predicted octanol–water partition coefficient (Wildman–Crippen LogP) is 3.47. The highest BCUT2D eigenvalue weighted by Crippen LogP contribution is 2.15. The summed E-state index contributed by atoms with van der Waals surface area (Å²) in [6.07, 6.45) is 4.09. The van der Waals surface area contributed by atoms with E-state index in [0.717, 1.165) is 35.4 Å². The average Bonchev–Trinajstić information content (AvgIpc) is 3.04. The zero-order valence-corrected chi connectivity index (χ0v) is 15.8. The van der Waals surface area contributed by atoms with E-state index in [-0.39, 0.29) is 12.5 Å². The summed E-state index contributed by atoms with van der Waals surface area (Å²) in [5.74, 6) is 1.48. The summed E-state index contributed by atoms with van der Waals surface area (Å²) in [6.45, 7) is 3.42. The fraction of sp³-hybridized carbons (Fsp3) is 0.227. The van der Waals surface area contributed by atoms with Gasteiger partial charge in [-0.1, -0.05) is 24.3 Å². The Morgan fingerprint density at radius 2 is 2.04 bits per heavy atom. The molecule has 28 heavy (non-hydrogen) atoms. The third kappa shape index (κ3) is 4.98. The zero-order valence-electron chi connectivity index (χ0n) is 15.8. The fourth-order valence-electron chi connectivity index (χ4n) is 2.95. The molecule has 0 bridgehead atoms. The third-order valence-electron chi connectivity index (χ3n) is 4.31. The standard InChI is InChI=1S/C22H22N4O2/c1-17-25-20-5-2-3-6-21(20)26(17)15-4-14-24-22(27)12-9-18-7-10-19(11-8-18)28-16-13-23/h2-3,5-12H,4,14-16H2,1H3,(H,24,27)/b12-9+. The molecule has 0 saturated carbocycles. The molecule has 3 aromatic rings. The van der Waals surface area contributed by atoms with Gasteiger partial charge < -0.3 is 14.6 Å². The zero-order chi connectivity index (χ0) is 19.8. The molecule has 0 aliphatic heterocycles. The number of carbonyl (C=O) groups is 1. The molecular formula is C22H22N4O2. The van der Waals surface area contributed by atoms with Crippen LogP contribution in [0.3, 0.4) is 0 Å². The first-order valence-electron chi connectivity index (χ1n) is 9.15. The number of carbonyl (C=O) groups excluding carboxylic acids is 1. The number of imidazole rings is 1. The Labute approximate surface area is 164 Å². The van der Waals surface area contributed by atoms with E-state index in [0.29, 0.717) is 12.3 Å². The molecule has 6 heteroatoms. The van der Waals surface area contributed by atoms with E-state index < -0.39 is 0 Å². The van der Waals surface area contributed by atoms with Crippen molar-refractivity contribution >= 4 is 23.0 Å². The first-order chi connectivity index (χ1) is 13.7. The van der Waals surface area contributed by atoms with Gasteiger partial charge in [0.15, 0.2) is 6.61 Å². The van der Waals surface area contributed by atoms with Crippen molar-refractivity contribution in [3.05, 3.63) is 66.0 Å². The van der Waals surface area contributed by atoms with Crippen LogP contribution < -0.4 is 10.1 Å². The lowest BCUT2D eigenvalue weighted by Crippen LogP contribution is -2.23. The second kappa shape index (κ2) is 9.38. The van der Waals surface area contributed by atoms with Gasteiger partial charge in [0.2, 0.25) is 5.91 Å². The molecule has 0 radical (unpaired) electrons. The van der Waals surface area contributed by atoms with Gasteiger partial charge in [-0.05, 0) is 49.2 Å². The molecule has 1 aromatic heterocycles. The summed E-state index contributed by atoms with van der Waals surface area (Å²) in [5.41, 5.74) is 3.00. The summed E-state index contributed by atoms with van der Waals surface area (Å²) < 4.78 is 7.37. The monoisotopic (exact) mass is 374 g/mol. The number of ether oxygens (including phenoxy) is 1. The lowest BCUT2D eigenvalue weighted by molar-refractivity contribution is -0.116. The van der Waals surface area contributed by atoms with E-state index in [1.807, 2.05) is 43.3 Å². The van der Waals surface area contributed by atoms with Crippen LogP contribution in [0.15, 0.2) is 54.6 Å². The maximum Gasteiger partial charge on any atom is 0.244 e. The summed E-state index contributed by atoms with van der Waals surface area (Å²) in [4.78, 5) is 16.5. The third-order valence-corrected chi connectivity index (χ3v) is 4.31. The van der Waals surface area contributed by atoms with Gasteiger partial charge in [-0.15, -0.1) is 0 Å². The van der Waals surface area contributed by atoms with Gasteiger partial charge in [0, 0.05) is 19.2 Å². The van der Waals surface area contributed by atoms with Gasteiger partial charge in [-0.3, -0.25) is 4.79 Å². The van der Waals surface area contributed by atoms with Crippen molar-refractivity contribution in [3.63, 3.8) is 0 Å². The quantitative estimate of drug-likeness (QED) is 0.484. The fourth-order valence-corrected chi connectivity index (χ4v) is 2.95. The molecule has 6 nitrogen and oxygen atoms in total. The van der Waals surface area contributed by atoms with Crippen LogP contribution in [0, 0.1) is 18.3 Å². The van der Waals surface area contributed by atoms with E-state index >= 15 is 0 Å². The first-order valence-corrected chi connectivity index (χ1v) is 9.15. The normalized spacial score (nSPS) is 10.9. The highest BCUT2D eigenvalue weighted by molar-refractivity contribution is 5.91. The van der Waals surface area contributed by atoms with Crippen molar-refractivity contribution in [2.45, 2.75) is 19.9 Å². The highest BCUT2D eigenvalue weighted by Gasteiger charge is 2.06. The number of amides is 1. The van der Waals surface area contributed by atoms with Gasteiger partial charge >= 0.3 is 0 Å². The van der Waals surface area contributed by atoms with Gasteiger partial charge in [-0.2, -0.15) is 5.26 Å². The number of hydrogen-bond acceptors (Lipinski definition) is 4. The number of benzene rings is 2. The number of aryl methyl sites for hydroxylation is 2. The number of fused-ring (bicyclic) bond motifs is 1. The molecule has 0 spiro atoms. The summed E-state index contributed by atoms with van der Waals surface area (Å²) in [6, 6.07) is 17.2. The molecule has 1 N–H and O–H groups in total. The van der Waals surface area contributed by atoms with Crippen molar-refractivity contribution in [2.24, 2.45) is 0 Å².